The summed E-state index contributed by atoms with van der Waals surface area (Å²) in [6, 6.07) is 18.8. The molecule has 0 radical (unpaired) electrons. The van der Waals surface area contributed by atoms with E-state index in [1.807, 2.05) is 30.3 Å². The topological polar surface area (TPSA) is 99.6 Å². The Morgan fingerprint density at radius 1 is 1.16 bits per heavy atom. The molecular weight excluding hydrogens is 432 g/mol. The second-order valence-corrected chi connectivity index (χ2v) is 7.15. The van der Waals surface area contributed by atoms with Crippen LogP contribution in [0, 0.1) is 10.1 Å². The number of hydrogen-bond donors (Lipinski definition) is 0. The van der Waals surface area contributed by atoms with E-state index in [9.17, 15) is 14.9 Å². The van der Waals surface area contributed by atoms with Gasteiger partial charge in [-0.25, -0.2) is 4.98 Å². The van der Waals surface area contributed by atoms with Gasteiger partial charge in [0.25, 0.3) is 5.56 Å². The van der Waals surface area contributed by atoms with E-state index in [0.717, 1.165) is 0 Å². The van der Waals surface area contributed by atoms with Gasteiger partial charge in [-0.05, 0) is 25.1 Å². The van der Waals surface area contributed by atoms with Crippen molar-refractivity contribution in [1.29, 1.82) is 0 Å². The zero-order valence-corrected chi connectivity index (χ0v) is 17.7. The van der Waals surface area contributed by atoms with Gasteiger partial charge in [0.15, 0.2) is 5.82 Å². The lowest BCUT2D eigenvalue weighted by atomic mass is 10.2. The number of fused-ring (bicyclic) bond motifs is 1. The maximum atomic E-state index is 13.2. The fourth-order valence-corrected chi connectivity index (χ4v) is 3.48. The molecule has 160 valence electrons. The lowest BCUT2D eigenvalue weighted by Crippen LogP contribution is -2.20. The highest BCUT2D eigenvalue weighted by Crippen LogP contribution is 2.33. The minimum atomic E-state index is -0.576. The largest absolute Gasteiger partial charge is 0.487 e. The first-order valence-corrected chi connectivity index (χ1v) is 10.1. The number of ether oxygens (including phenoxy) is 1. The molecule has 8 nitrogen and oxygen atoms in total. The standard InChI is InChI=1S/C23H17ClN4O4/c1-2-32-21-16(12-17(24)13-20(21)28(30)31)14-25-27-22(15-8-4-3-5-9-15)26-19-11-7-6-10-18(19)23(27)29/h3-14H,2H2,1H3. The molecule has 0 saturated carbocycles. The van der Waals surface area contributed by atoms with Gasteiger partial charge in [-0.3, -0.25) is 14.9 Å². The van der Waals surface area contributed by atoms with Gasteiger partial charge in [-0.1, -0.05) is 54.1 Å². The molecule has 0 unspecified atom stereocenters. The van der Waals surface area contributed by atoms with Crippen molar-refractivity contribution in [3.8, 4) is 17.1 Å². The highest BCUT2D eigenvalue weighted by Gasteiger charge is 2.20. The molecule has 0 aliphatic carbocycles. The molecule has 4 aromatic rings. The van der Waals surface area contributed by atoms with E-state index in [-0.39, 0.29) is 34.2 Å². The summed E-state index contributed by atoms with van der Waals surface area (Å²) in [6.07, 6.45) is 1.31. The minimum Gasteiger partial charge on any atom is -0.487 e. The van der Waals surface area contributed by atoms with Crippen LogP contribution >= 0.6 is 11.6 Å². The van der Waals surface area contributed by atoms with Gasteiger partial charge in [-0.15, -0.1) is 0 Å². The molecule has 0 spiro atoms. The fraction of sp³-hybridized carbons (Fsp3) is 0.0870. The second-order valence-electron chi connectivity index (χ2n) is 6.71. The molecule has 0 atom stereocenters. The molecule has 0 N–H and O–H groups in total. The summed E-state index contributed by atoms with van der Waals surface area (Å²) < 4.78 is 6.66. The number of rotatable bonds is 6. The van der Waals surface area contributed by atoms with Gasteiger partial charge >= 0.3 is 5.69 Å². The second kappa shape index (κ2) is 8.99. The van der Waals surface area contributed by atoms with Crippen LogP contribution in [-0.2, 0) is 0 Å². The van der Waals surface area contributed by atoms with Crippen LogP contribution in [0.4, 0.5) is 5.69 Å². The van der Waals surface area contributed by atoms with Gasteiger partial charge in [0.2, 0.25) is 5.75 Å². The Labute approximate surface area is 187 Å². The fourth-order valence-electron chi connectivity index (χ4n) is 3.26. The summed E-state index contributed by atoms with van der Waals surface area (Å²) in [5, 5.41) is 16.4. The van der Waals surface area contributed by atoms with E-state index in [1.54, 1.807) is 31.2 Å². The molecule has 9 heteroatoms. The summed E-state index contributed by atoms with van der Waals surface area (Å²) in [7, 11) is 0. The van der Waals surface area contributed by atoms with Crippen molar-refractivity contribution in [2.24, 2.45) is 5.10 Å². The average molecular weight is 449 g/mol. The molecule has 32 heavy (non-hydrogen) atoms. The van der Waals surface area contributed by atoms with Crippen molar-refractivity contribution >= 4 is 34.4 Å². The molecule has 0 amide bonds. The quantitative estimate of drug-likeness (QED) is 0.237. The number of para-hydroxylation sites is 1. The zero-order chi connectivity index (χ0) is 22.7. The number of nitrogens with zero attached hydrogens (tertiary/aromatic N) is 4. The lowest BCUT2D eigenvalue weighted by Gasteiger charge is -2.11. The molecule has 0 saturated heterocycles. The molecule has 1 heterocycles. The van der Waals surface area contributed by atoms with Crippen LogP contribution in [0.3, 0.4) is 0 Å². The monoisotopic (exact) mass is 448 g/mol. The first kappa shape index (κ1) is 21.2. The van der Waals surface area contributed by atoms with Crippen LogP contribution in [0.2, 0.25) is 5.02 Å². The number of halogens is 1. The van der Waals surface area contributed by atoms with Crippen molar-refractivity contribution in [3.05, 3.63) is 97.8 Å². The van der Waals surface area contributed by atoms with Crippen LogP contribution in [0.1, 0.15) is 12.5 Å². The number of nitro groups is 1. The number of aromatic nitrogens is 2. The first-order valence-electron chi connectivity index (χ1n) is 9.72. The van der Waals surface area contributed by atoms with Crippen LogP contribution in [0.15, 0.2) is 76.6 Å². The lowest BCUT2D eigenvalue weighted by molar-refractivity contribution is -0.385. The normalized spacial score (nSPS) is 11.2. The van der Waals surface area contributed by atoms with Gasteiger partial charge < -0.3 is 4.74 Å². The molecule has 0 bridgehead atoms. The molecular formula is C23H17ClN4O4. The van der Waals surface area contributed by atoms with Gasteiger partial charge in [0, 0.05) is 22.2 Å². The number of benzene rings is 3. The maximum absolute atomic E-state index is 13.2. The molecule has 3 aromatic carbocycles. The minimum absolute atomic E-state index is 0.0220. The number of hydrogen-bond acceptors (Lipinski definition) is 6. The highest BCUT2D eigenvalue weighted by molar-refractivity contribution is 6.31. The van der Waals surface area contributed by atoms with Gasteiger partial charge in [0.05, 0.1) is 28.6 Å². The average Bonchev–Trinajstić information content (AvgIpc) is 2.80. The SMILES string of the molecule is CCOc1c(C=Nn2c(-c3ccccc3)nc3ccccc3c2=O)cc(Cl)cc1[N+](=O)[O-]. The van der Waals surface area contributed by atoms with Gasteiger partial charge in [0.1, 0.15) is 0 Å². The van der Waals surface area contributed by atoms with Crippen molar-refractivity contribution < 1.29 is 9.66 Å². The number of nitro benzene ring substituents is 1. The predicted molar refractivity (Wildman–Crippen MR) is 124 cm³/mol. The Bertz CT molecular complexity index is 1400. The maximum Gasteiger partial charge on any atom is 0.313 e. The van der Waals surface area contributed by atoms with Crippen LogP contribution < -0.4 is 10.3 Å². The Morgan fingerprint density at radius 2 is 1.88 bits per heavy atom. The van der Waals surface area contributed by atoms with Crippen LogP contribution in [-0.4, -0.2) is 27.4 Å². The van der Waals surface area contributed by atoms with E-state index in [1.165, 1.54) is 23.0 Å². The summed E-state index contributed by atoms with van der Waals surface area (Å²) in [5.41, 5.74) is 0.837. The van der Waals surface area contributed by atoms with Crippen LogP contribution in [0.5, 0.6) is 5.75 Å². The Morgan fingerprint density at radius 3 is 2.59 bits per heavy atom. The van der Waals surface area contributed by atoms with Crippen molar-refractivity contribution in [2.75, 3.05) is 6.61 Å². The van der Waals surface area contributed by atoms with E-state index in [4.69, 9.17) is 16.3 Å². The molecule has 0 fully saturated rings. The molecule has 4 rings (SSSR count). The van der Waals surface area contributed by atoms with Crippen molar-refractivity contribution in [2.45, 2.75) is 6.92 Å². The third kappa shape index (κ3) is 4.08. The Balaban J connectivity index is 1.95. The summed E-state index contributed by atoms with van der Waals surface area (Å²) in [4.78, 5) is 28.8. The zero-order valence-electron chi connectivity index (χ0n) is 16.9. The van der Waals surface area contributed by atoms with E-state index < -0.39 is 4.92 Å². The third-order valence-electron chi connectivity index (χ3n) is 4.65. The molecule has 0 aliphatic heterocycles. The molecule has 0 aliphatic rings. The smallest absolute Gasteiger partial charge is 0.313 e. The first-order chi connectivity index (χ1) is 15.5. The Hall–Kier alpha value is -4.04. The van der Waals surface area contributed by atoms with Crippen molar-refractivity contribution in [3.63, 3.8) is 0 Å². The van der Waals surface area contributed by atoms with E-state index in [2.05, 4.69) is 10.1 Å². The van der Waals surface area contributed by atoms with E-state index in [0.29, 0.717) is 22.3 Å². The Kier molecular flexibility index (Phi) is 5.96. The summed E-state index contributed by atoms with van der Waals surface area (Å²) >= 11 is 6.08. The summed E-state index contributed by atoms with van der Waals surface area (Å²) in [5.74, 6) is 0.355. The summed E-state index contributed by atoms with van der Waals surface area (Å²) in [6.45, 7) is 1.92. The highest BCUT2D eigenvalue weighted by atomic mass is 35.5. The third-order valence-corrected chi connectivity index (χ3v) is 4.86. The molecule has 1 aromatic heterocycles. The van der Waals surface area contributed by atoms with E-state index >= 15 is 0 Å². The van der Waals surface area contributed by atoms with Crippen molar-refractivity contribution in [1.82, 2.24) is 9.66 Å². The van der Waals surface area contributed by atoms with Gasteiger partial charge in [-0.2, -0.15) is 9.78 Å². The predicted octanol–water partition coefficient (Wildman–Crippen LogP) is 4.91. The van der Waals surface area contributed by atoms with Crippen LogP contribution in [0.25, 0.3) is 22.3 Å².